The molecule has 0 bridgehead atoms. The number of rotatable bonds is 1. The van der Waals surface area contributed by atoms with Crippen molar-refractivity contribution in [1.29, 1.82) is 5.26 Å². The van der Waals surface area contributed by atoms with Crippen LogP contribution in [0.5, 0.6) is 0 Å². The van der Waals surface area contributed by atoms with Crippen LogP contribution in [0.25, 0.3) is 0 Å². The number of aromatic nitrogens is 2. The van der Waals surface area contributed by atoms with E-state index in [1.807, 2.05) is 6.92 Å². The molecule has 3 rings (SSSR count). The Labute approximate surface area is 113 Å². The van der Waals surface area contributed by atoms with E-state index in [0.717, 1.165) is 25.2 Å². The zero-order valence-electron chi connectivity index (χ0n) is 11.2. The smallest absolute Gasteiger partial charge is 0.226 e. The first-order chi connectivity index (χ1) is 9.17. The minimum Gasteiger partial charge on any atom is -0.340 e. The van der Waals surface area contributed by atoms with E-state index in [0.29, 0.717) is 29.5 Å². The van der Waals surface area contributed by atoms with Crippen molar-refractivity contribution in [3.8, 4) is 6.07 Å². The molecule has 3 unspecified atom stereocenters. The summed E-state index contributed by atoms with van der Waals surface area (Å²) in [6.07, 6.45) is 3.62. The van der Waals surface area contributed by atoms with Gasteiger partial charge in [-0.25, -0.2) is 9.97 Å². The lowest BCUT2D eigenvalue weighted by Gasteiger charge is -2.29. The molecule has 5 heteroatoms. The lowest BCUT2D eigenvalue weighted by molar-refractivity contribution is 0.260. The summed E-state index contributed by atoms with van der Waals surface area (Å²) in [5, 5.41) is 9.00. The van der Waals surface area contributed by atoms with Gasteiger partial charge in [-0.2, -0.15) is 5.26 Å². The SMILES string of the molecule is Cc1cc(C#N)nc(N2CC3CCCC(N)C3C2)n1. The number of aryl methyl sites for hydroxylation is 1. The predicted octanol–water partition coefficient (Wildman–Crippen LogP) is 1.22. The van der Waals surface area contributed by atoms with Gasteiger partial charge in [0.25, 0.3) is 0 Å². The number of nitriles is 1. The summed E-state index contributed by atoms with van der Waals surface area (Å²) in [6, 6.07) is 4.13. The van der Waals surface area contributed by atoms with Crippen molar-refractivity contribution in [3.63, 3.8) is 0 Å². The molecule has 0 aromatic carbocycles. The molecule has 2 aliphatic rings. The van der Waals surface area contributed by atoms with Gasteiger partial charge in [-0.3, -0.25) is 0 Å². The third-order valence-electron chi connectivity index (χ3n) is 4.39. The summed E-state index contributed by atoms with van der Waals surface area (Å²) < 4.78 is 0. The van der Waals surface area contributed by atoms with Crippen LogP contribution < -0.4 is 10.6 Å². The van der Waals surface area contributed by atoms with E-state index < -0.39 is 0 Å². The summed E-state index contributed by atoms with van der Waals surface area (Å²) in [6.45, 7) is 3.81. The largest absolute Gasteiger partial charge is 0.340 e. The van der Waals surface area contributed by atoms with Crippen LogP contribution >= 0.6 is 0 Å². The summed E-state index contributed by atoms with van der Waals surface area (Å²) in [4.78, 5) is 11.0. The zero-order valence-corrected chi connectivity index (χ0v) is 11.2. The van der Waals surface area contributed by atoms with Gasteiger partial charge in [0.1, 0.15) is 11.8 Å². The van der Waals surface area contributed by atoms with Crippen molar-refractivity contribution in [2.24, 2.45) is 17.6 Å². The van der Waals surface area contributed by atoms with Gasteiger partial charge in [-0.1, -0.05) is 6.42 Å². The molecule has 1 aromatic rings. The number of nitrogens with two attached hydrogens (primary N) is 1. The molecule has 0 spiro atoms. The molecule has 100 valence electrons. The van der Waals surface area contributed by atoms with E-state index in [1.165, 1.54) is 12.8 Å². The van der Waals surface area contributed by atoms with Crippen molar-refractivity contribution in [3.05, 3.63) is 17.5 Å². The quantitative estimate of drug-likeness (QED) is 0.818. The maximum absolute atomic E-state index is 9.00. The molecule has 1 saturated carbocycles. The van der Waals surface area contributed by atoms with Crippen molar-refractivity contribution in [1.82, 2.24) is 9.97 Å². The molecular weight excluding hydrogens is 238 g/mol. The summed E-state index contributed by atoms with van der Waals surface area (Å²) in [5.41, 5.74) is 7.52. The van der Waals surface area contributed by atoms with Crippen LogP contribution in [0.15, 0.2) is 6.07 Å². The van der Waals surface area contributed by atoms with E-state index in [1.54, 1.807) is 6.07 Å². The Morgan fingerprint density at radius 3 is 2.95 bits per heavy atom. The van der Waals surface area contributed by atoms with Crippen LogP contribution in [0.3, 0.4) is 0 Å². The maximum atomic E-state index is 9.00. The van der Waals surface area contributed by atoms with E-state index in [4.69, 9.17) is 11.0 Å². The Kier molecular flexibility index (Phi) is 3.11. The van der Waals surface area contributed by atoms with Gasteiger partial charge in [0.15, 0.2) is 0 Å². The predicted molar refractivity (Wildman–Crippen MR) is 72.5 cm³/mol. The monoisotopic (exact) mass is 257 g/mol. The Hall–Kier alpha value is -1.67. The van der Waals surface area contributed by atoms with Crippen molar-refractivity contribution in [2.45, 2.75) is 32.2 Å². The summed E-state index contributed by atoms with van der Waals surface area (Å²) in [5.74, 6) is 1.92. The molecule has 2 N–H and O–H groups in total. The molecule has 1 aromatic heterocycles. The fraction of sp³-hybridized carbons (Fsp3) is 0.643. The molecule has 1 aliphatic heterocycles. The third-order valence-corrected chi connectivity index (χ3v) is 4.39. The second kappa shape index (κ2) is 4.78. The maximum Gasteiger partial charge on any atom is 0.226 e. The second-order valence-corrected chi connectivity index (χ2v) is 5.73. The van der Waals surface area contributed by atoms with Crippen LogP contribution in [-0.4, -0.2) is 29.1 Å². The highest BCUT2D eigenvalue weighted by molar-refractivity contribution is 5.37. The van der Waals surface area contributed by atoms with Crippen LogP contribution in [0.2, 0.25) is 0 Å². The van der Waals surface area contributed by atoms with Crippen molar-refractivity contribution >= 4 is 5.95 Å². The third kappa shape index (κ3) is 2.28. The van der Waals surface area contributed by atoms with Crippen molar-refractivity contribution in [2.75, 3.05) is 18.0 Å². The molecule has 3 atom stereocenters. The normalized spacial score (nSPS) is 29.9. The molecular formula is C14H19N5. The van der Waals surface area contributed by atoms with Gasteiger partial charge in [-0.15, -0.1) is 0 Å². The first-order valence-electron chi connectivity index (χ1n) is 6.93. The molecule has 0 radical (unpaired) electrons. The Morgan fingerprint density at radius 1 is 1.37 bits per heavy atom. The fourth-order valence-electron chi connectivity index (χ4n) is 3.43. The standard InChI is InChI=1S/C14H19N5/c1-9-5-11(6-15)18-14(17-9)19-7-10-3-2-4-13(16)12(10)8-19/h5,10,12-13H,2-4,7-8,16H2,1H3. The molecule has 2 fully saturated rings. The number of hydrogen-bond donors (Lipinski definition) is 1. The minimum atomic E-state index is 0.309. The molecule has 1 aliphatic carbocycles. The second-order valence-electron chi connectivity index (χ2n) is 5.73. The average Bonchev–Trinajstić information content (AvgIpc) is 2.83. The molecule has 5 nitrogen and oxygen atoms in total. The number of fused-ring (bicyclic) bond motifs is 1. The molecule has 0 amide bonds. The van der Waals surface area contributed by atoms with Gasteiger partial charge in [0, 0.05) is 24.8 Å². The van der Waals surface area contributed by atoms with E-state index >= 15 is 0 Å². The average molecular weight is 257 g/mol. The number of hydrogen-bond acceptors (Lipinski definition) is 5. The lowest BCUT2D eigenvalue weighted by Crippen LogP contribution is -2.38. The molecule has 19 heavy (non-hydrogen) atoms. The van der Waals surface area contributed by atoms with Crippen LogP contribution in [0.4, 0.5) is 5.95 Å². The first-order valence-corrected chi connectivity index (χ1v) is 6.93. The van der Waals surface area contributed by atoms with Gasteiger partial charge in [0.2, 0.25) is 5.95 Å². The van der Waals surface area contributed by atoms with Gasteiger partial charge < -0.3 is 10.6 Å². The van der Waals surface area contributed by atoms with Crippen molar-refractivity contribution < 1.29 is 0 Å². The fourth-order valence-corrected chi connectivity index (χ4v) is 3.43. The van der Waals surface area contributed by atoms with Gasteiger partial charge in [-0.05, 0) is 37.7 Å². The highest BCUT2D eigenvalue weighted by Gasteiger charge is 2.39. The van der Waals surface area contributed by atoms with E-state index in [9.17, 15) is 0 Å². The van der Waals surface area contributed by atoms with E-state index in [-0.39, 0.29) is 0 Å². The van der Waals surface area contributed by atoms with Crippen LogP contribution in [0, 0.1) is 30.1 Å². The van der Waals surface area contributed by atoms with Gasteiger partial charge >= 0.3 is 0 Å². The Balaban J connectivity index is 1.84. The number of nitrogens with zero attached hydrogens (tertiary/aromatic N) is 4. The van der Waals surface area contributed by atoms with Crippen LogP contribution in [-0.2, 0) is 0 Å². The topological polar surface area (TPSA) is 78.8 Å². The molecule has 1 saturated heterocycles. The van der Waals surface area contributed by atoms with Gasteiger partial charge in [0.05, 0.1) is 0 Å². The Morgan fingerprint density at radius 2 is 2.21 bits per heavy atom. The summed E-state index contributed by atoms with van der Waals surface area (Å²) >= 11 is 0. The number of anilines is 1. The zero-order chi connectivity index (χ0) is 13.4. The lowest BCUT2D eigenvalue weighted by atomic mass is 9.78. The highest BCUT2D eigenvalue weighted by Crippen LogP contribution is 2.36. The first kappa shape index (κ1) is 12.4. The molecule has 2 heterocycles. The highest BCUT2D eigenvalue weighted by atomic mass is 15.3. The minimum absolute atomic E-state index is 0.309. The van der Waals surface area contributed by atoms with Crippen LogP contribution in [0.1, 0.15) is 30.7 Å². The summed E-state index contributed by atoms with van der Waals surface area (Å²) in [7, 11) is 0. The van der Waals surface area contributed by atoms with E-state index in [2.05, 4.69) is 20.9 Å². The Bertz CT molecular complexity index is 521.